The summed E-state index contributed by atoms with van der Waals surface area (Å²) in [7, 11) is 1.70. The number of carbonyl (C=O) groups is 1. The minimum atomic E-state index is -2.70. The summed E-state index contributed by atoms with van der Waals surface area (Å²) in [6, 6.07) is 6.40. The van der Waals surface area contributed by atoms with Crippen LogP contribution in [0, 0.1) is 0 Å². The molecule has 0 saturated heterocycles. The molecule has 31 heavy (non-hydrogen) atoms. The molecule has 0 amide bonds. The van der Waals surface area contributed by atoms with Gasteiger partial charge >= 0.3 is 8.60 Å². The van der Waals surface area contributed by atoms with Gasteiger partial charge in [-0.15, -0.1) is 0 Å². The molecule has 0 bridgehead atoms. The molecule has 0 aliphatic heterocycles. The summed E-state index contributed by atoms with van der Waals surface area (Å²) in [5.41, 5.74) is 0.576. The van der Waals surface area contributed by atoms with Gasteiger partial charge in [0.15, 0.2) is 28.8 Å². The van der Waals surface area contributed by atoms with E-state index in [-0.39, 0.29) is 17.1 Å². The number of ketones is 1. The lowest BCUT2D eigenvalue weighted by atomic mass is 9.98. The molecule has 2 N–H and O–H groups in total. The second-order valence-electron chi connectivity index (χ2n) is 6.20. The maximum Gasteiger partial charge on any atom is 0.391 e. The van der Waals surface area contributed by atoms with Gasteiger partial charge in [-0.05, 0) is 36.6 Å². The Morgan fingerprint density at radius 1 is 0.935 bits per heavy atom. The van der Waals surface area contributed by atoms with Crippen LogP contribution in [-0.2, 0) is 0 Å². The Bertz CT molecular complexity index is 1080. The van der Waals surface area contributed by atoms with Gasteiger partial charge in [0.2, 0.25) is 5.75 Å². The van der Waals surface area contributed by atoms with E-state index in [0.717, 1.165) is 0 Å². The number of carbonyl (C=O) groups excluding carboxylic acids is 1. The first-order valence-corrected chi connectivity index (χ1v) is 10.4. The Hall–Kier alpha value is -3.13. The number of hydrogen-bond donors (Lipinski definition) is 2. The predicted molar refractivity (Wildman–Crippen MR) is 114 cm³/mol. The van der Waals surface area contributed by atoms with Crippen LogP contribution in [0.3, 0.4) is 0 Å². The summed E-state index contributed by atoms with van der Waals surface area (Å²) >= 11 is 0. The van der Waals surface area contributed by atoms with Gasteiger partial charge in [0.05, 0.1) is 27.9 Å². The monoisotopic (exact) mass is 447 g/mol. The van der Waals surface area contributed by atoms with Crippen molar-refractivity contribution >= 4 is 25.2 Å². The number of ether oxygens (including phenoxy) is 4. The van der Waals surface area contributed by atoms with Crippen molar-refractivity contribution in [2.45, 2.75) is 6.92 Å². The zero-order chi connectivity index (χ0) is 22.5. The van der Waals surface area contributed by atoms with Crippen molar-refractivity contribution in [3.8, 4) is 28.7 Å². The van der Waals surface area contributed by atoms with Crippen molar-refractivity contribution in [1.29, 1.82) is 0 Å². The summed E-state index contributed by atoms with van der Waals surface area (Å²) in [6.07, 6.45) is 2.90. The van der Waals surface area contributed by atoms with Gasteiger partial charge in [-0.25, -0.2) is 0 Å². The smallest absolute Gasteiger partial charge is 0.391 e. The van der Waals surface area contributed by atoms with Crippen molar-refractivity contribution in [1.82, 2.24) is 4.98 Å². The molecule has 0 atom stereocenters. The third-order valence-electron chi connectivity index (χ3n) is 4.50. The lowest BCUT2D eigenvalue weighted by Crippen LogP contribution is -2.06. The van der Waals surface area contributed by atoms with E-state index in [1.54, 1.807) is 31.2 Å². The van der Waals surface area contributed by atoms with Gasteiger partial charge < -0.3 is 33.3 Å². The number of aromatic nitrogens is 1. The summed E-state index contributed by atoms with van der Waals surface area (Å²) in [4.78, 5) is 36.3. The molecule has 2 aromatic carbocycles. The highest BCUT2D eigenvalue weighted by molar-refractivity contribution is 7.39. The molecule has 1 aromatic heterocycles. The van der Waals surface area contributed by atoms with Crippen molar-refractivity contribution in [3.05, 3.63) is 47.8 Å². The lowest BCUT2D eigenvalue weighted by molar-refractivity contribution is 0.103. The molecule has 1 heterocycles. The van der Waals surface area contributed by atoms with Gasteiger partial charge in [0.25, 0.3) is 0 Å². The van der Waals surface area contributed by atoms with E-state index in [1.165, 1.54) is 33.7 Å². The molecular weight excluding hydrogens is 425 g/mol. The third kappa shape index (κ3) is 4.49. The van der Waals surface area contributed by atoms with Crippen molar-refractivity contribution < 1.29 is 38.1 Å². The van der Waals surface area contributed by atoms with E-state index in [4.69, 9.17) is 23.5 Å². The first-order valence-electron chi connectivity index (χ1n) is 9.19. The zero-order valence-corrected chi connectivity index (χ0v) is 18.3. The summed E-state index contributed by atoms with van der Waals surface area (Å²) in [5.74, 6) is 1.11. The standard InChI is InChI=1S/C21H22NO8P/c1-5-29-16-7-6-13-14(10-22-11-15(13)20(16)30-31(24)25)19(23)12-8-17(26-2)21(28-4)18(9-12)27-3/h6-11,24-25H,5H2,1-4H3. The Morgan fingerprint density at radius 2 is 1.61 bits per heavy atom. The van der Waals surface area contributed by atoms with Gasteiger partial charge in [-0.2, -0.15) is 0 Å². The van der Waals surface area contributed by atoms with E-state index in [0.29, 0.717) is 45.9 Å². The summed E-state index contributed by atoms with van der Waals surface area (Å²) in [5, 5.41) is 0.906. The van der Waals surface area contributed by atoms with Crippen LogP contribution in [0.5, 0.6) is 28.7 Å². The highest BCUT2D eigenvalue weighted by Gasteiger charge is 2.22. The van der Waals surface area contributed by atoms with E-state index < -0.39 is 8.60 Å². The van der Waals surface area contributed by atoms with E-state index >= 15 is 0 Å². The van der Waals surface area contributed by atoms with Gasteiger partial charge in [-0.3, -0.25) is 9.78 Å². The number of pyridine rings is 1. The van der Waals surface area contributed by atoms with Gasteiger partial charge in [0, 0.05) is 28.9 Å². The summed E-state index contributed by atoms with van der Waals surface area (Å²) < 4.78 is 26.7. The van der Waals surface area contributed by atoms with Crippen LogP contribution in [0.25, 0.3) is 10.8 Å². The molecule has 0 radical (unpaired) electrons. The molecule has 0 saturated carbocycles. The number of fused-ring (bicyclic) bond motifs is 1. The fourth-order valence-corrected chi connectivity index (χ4v) is 3.54. The molecular formula is C21H22NO8P. The number of rotatable bonds is 9. The van der Waals surface area contributed by atoms with E-state index in [9.17, 15) is 14.6 Å². The second kappa shape index (κ2) is 9.78. The minimum Gasteiger partial charge on any atom is -0.493 e. The molecule has 0 fully saturated rings. The molecule has 3 rings (SSSR count). The number of hydrogen-bond acceptors (Lipinski definition) is 9. The Balaban J connectivity index is 2.18. The van der Waals surface area contributed by atoms with Crippen LogP contribution in [0.15, 0.2) is 36.7 Å². The Labute approximate surface area is 180 Å². The lowest BCUT2D eigenvalue weighted by Gasteiger charge is -2.16. The Morgan fingerprint density at radius 3 is 2.16 bits per heavy atom. The minimum absolute atomic E-state index is 0.0995. The summed E-state index contributed by atoms with van der Waals surface area (Å²) in [6.45, 7) is 2.13. The molecule has 0 spiro atoms. The van der Waals surface area contributed by atoms with Gasteiger partial charge in [0.1, 0.15) is 0 Å². The zero-order valence-electron chi connectivity index (χ0n) is 17.4. The highest BCUT2D eigenvalue weighted by atomic mass is 31.2. The molecule has 9 nitrogen and oxygen atoms in total. The Kier molecular flexibility index (Phi) is 7.12. The van der Waals surface area contributed by atoms with Crippen LogP contribution in [0.2, 0.25) is 0 Å². The maximum atomic E-state index is 13.4. The number of nitrogens with zero attached hydrogens (tertiary/aromatic N) is 1. The quantitative estimate of drug-likeness (QED) is 0.376. The maximum absolute atomic E-state index is 13.4. The van der Waals surface area contributed by atoms with Gasteiger partial charge in [-0.1, -0.05) is 0 Å². The average molecular weight is 447 g/mol. The van der Waals surface area contributed by atoms with Crippen molar-refractivity contribution in [2.75, 3.05) is 27.9 Å². The first-order chi connectivity index (χ1) is 14.9. The molecule has 0 aliphatic carbocycles. The normalized spacial score (nSPS) is 10.8. The molecule has 164 valence electrons. The van der Waals surface area contributed by atoms with Crippen LogP contribution in [0.4, 0.5) is 0 Å². The second-order valence-corrected chi connectivity index (χ2v) is 6.88. The van der Waals surface area contributed by atoms with Crippen LogP contribution >= 0.6 is 8.60 Å². The SMILES string of the molecule is CCOc1ccc2c(C(=O)c3cc(OC)c(OC)c(OC)c3)cncc2c1OP(O)O. The van der Waals surface area contributed by atoms with E-state index in [2.05, 4.69) is 4.98 Å². The van der Waals surface area contributed by atoms with Crippen LogP contribution in [0.1, 0.15) is 22.8 Å². The highest BCUT2D eigenvalue weighted by Crippen LogP contribution is 2.43. The molecule has 3 aromatic rings. The average Bonchev–Trinajstić information content (AvgIpc) is 2.78. The first kappa shape index (κ1) is 22.6. The van der Waals surface area contributed by atoms with Crippen LogP contribution < -0.4 is 23.5 Å². The number of benzene rings is 2. The third-order valence-corrected chi connectivity index (χ3v) is 4.85. The van der Waals surface area contributed by atoms with Crippen molar-refractivity contribution in [3.63, 3.8) is 0 Å². The molecule has 10 heteroatoms. The van der Waals surface area contributed by atoms with Crippen LogP contribution in [-0.4, -0.2) is 48.5 Å². The van der Waals surface area contributed by atoms with E-state index in [1.807, 2.05) is 0 Å². The molecule has 0 aliphatic rings. The fraction of sp³-hybridized carbons (Fsp3) is 0.238. The topological polar surface area (TPSA) is 117 Å². The fourth-order valence-electron chi connectivity index (χ4n) is 3.19. The predicted octanol–water partition coefficient (Wildman–Crippen LogP) is 3.48. The van der Waals surface area contributed by atoms with Crippen molar-refractivity contribution in [2.24, 2.45) is 0 Å². The largest absolute Gasteiger partial charge is 0.493 e. The molecule has 0 unspecified atom stereocenters. The number of methoxy groups -OCH3 is 3.